The van der Waals surface area contributed by atoms with E-state index in [2.05, 4.69) is 20.6 Å². The van der Waals surface area contributed by atoms with Crippen molar-refractivity contribution in [2.45, 2.75) is 49.3 Å². The van der Waals surface area contributed by atoms with E-state index in [4.69, 9.17) is 11.5 Å². The number of aryl methyl sites for hydroxylation is 1. The van der Waals surface area contributed by atoms with Gasteiger partial charge in [-0.3, -0.25) is 19.3 Å². The Labute approximate surface area is 229 Å². The first-order chi connectivity index (χ1) is 19.0. The molecule has 40 heavy (non-hydrogen) atoms. The number of hydrogen-bond donors (Lipinski definition) is 6. The van der Waals surface area contributed by atoms with Crippen LogP contribution in [-0.2, 0) is 9.59 Å². The summed E-state index contributed by atoms with van der Waals surface area (Å²) < 4.78 is 0. The maximum atomic E-state index is 13.6. The van der Waals surface area contributed by atoms with Crippen molar-refractivity contribution in [3.8, 4) is 11.1 Å². The second kappa shape index (κ2) is 9.03. The average molecular weight is 547 g/mol. The Morgan fingerprint density at radius 3 is 2.40 bits per heavy atom. The number of nitrogens with one attached hydrogen (secondary N) is 2. The summed E-state index contributed by atoms with van der Waals surface area (Å²) in [5.41, 5.74) is 13.5. The van der Waals surface area contributed by atoms with Crippen molar-refractivity contribution in [3.63, 3.8) is 0 Å². The third-order valence-corrected chi connectivity index (χ3v) is 8.24. The Hall–Kier alpha value is -4.49. The standard InChI is InChI=1S/C27H30N8O5/c1-14-6-2-3-7-15(14)16-8-4-5-9-17(16)23(38)31-19-13-35-25(29)30-18(12-34-20(36)10-11-21(34)37)22-26(35,27(19,39)40)33-24(28)32-22/h2-9,18-19,22,39-40H,10-13H2,1H3,(H2,29,30)(H,31,38)(H3,28,32,33)/t18-,19?,22-,26-/m0/s1. The summed E-state index contributed by atoms with van der Waals surface area (Å²) in [5, 5.41) is 29.1. The highest BCUT2D eigenvalue weighted by Crippen LogP contribution is 2.45. The summed E-state index contributed by atoms with van der Waals surface area (Å²) in [7, 11) is 0. The van der Waals surface area contributed by atoms with Gasteiger partial charge in [0.1, 0.15) is 12.1 Å². The maximum absolute atomic E-state index is 13.6. The van der Waals surface area contributed by atoms with Gasteiger partial charge in [0.05, 0.1) is 12.6 Å². The molecule has 8 N–H and O–H groups in total. The van der Waals surface area contributed by atoms with Crippen molar-refractivity contribution in [1.82, 2.24) is 20.4 Å². The lowest BCUT2D eigenvalue weighted by molar-refractivity contribution is -0.230. The number of nitrogens with two attached hydrogens (primary N) is 2. The number of carbonyl (C=O) groups excluding carboxylic acids is 3. The third kappa shape index (κ3) is 3.65. The quantitative estimate of drug-likeness (QED) is 0.193. The summed E-state index contributed by atoms with van der Waals surface area (Å²) in [6.07, 6.45) is 0.191. The zero-order valence-electron chi connectivity index (χ0n) is 21.7. The van der Waals surface area contributed by atoms with E-state index in [9.17, 15) is 24.6 Å². The van der Waals surface area contributed by atoms with Crippen LogP contribution in [0.5, 0.6) is 0 Å². The molecule has 208 valence electrons. The van der Waals surface area contributed by atoms with Gasteiger partial charge in [0.25, 0.3) is 5.91 Å². The zero-order chi connectivity index (χ0) is 28.4. The van der Waals surface area contributed by atoms with Gasteiger partial charge in [0.15, 0.2) is 17.6 Å². The fourth-order valence-corrected chi connectivity index (χ4v) is 6.28. The molecule has 3 amide bonds. The van der Waals surface area contributed by atoms with Crippen molar-refractivity contribution in [2.75, 3.05) is 13.1 Å². The van der Waals surface area contributed by atoms with E-state index in [-0.39, 0.29) is 49.7 Å². The molecule has 2 aromatic carbocycles. The van der Waals surface area contributed by atoms with Crippen LogP contribution in [0.1, 0.15) is 28.8 Å². The van der Waals surface area contributed by atoms with Crippen LogP contribution in [-0.4, -0.2) is 92.3 Å². The van der Waals surface area contributed by atoms with E-state index in [1.165, 1.54) is 4.90 Å². The van der Waals surface area contributed by atoms with Crippen LogP contribution >= 0.6 is 0 Å². The second-order valence-electron chi connectivity index (χ2n) is 10.5. The topological polar surface area (TPSA) is 199 Å². The summed E-state index contributed by atoms with van der Waals surface area (Å²) in [5.74, 6) is -4.01. The summed E-state index contributed by atoms with van der Waals surface area (Å²) in [6.45, 7) is 1.68. The lowest BCUT2D eigenvalue weighted by atomic mass is 9.84. The maximum Gasteiger partial charge on any atom is 0.252 e. The van der Waals surface area contributed by atoms with E-state index in [0.29, 0.717) is 11.1 Å². The fourth-order valence-electron chi connectivity index (χ4n) is 6.28. The molecule has 1 unspecified atom stereocenters. The molecule has 2 saturated heterocycles. The van der Waals surface area contributed by atoms with Gasteiger partial charge in [-0.25, -0.2) is 9.98 Å². The van der Waals surface area contributed by atoms with Crippen LogP contribution in [0.25, 0.3) is 11.1 Å². The molecule has 4 atom stereocenters. The van der Waals surface area contributed by atoms with Gasteiger partial charge in [-0.05, 0) is 29.7 Å². The Morgan fingerprint density at radius 1 is 1.05 bits per heavy atom. The van der Waals surface area contributed by atoms with Crippen molar-refractivity contribution in [3.05, 3.63) is 59.7 Å². The molecule has 4 aliphatic heterocycles. The van der Waals surface area contributed by atoms with Crippen molar-refractivity contribution in [2.24, 2.45) is 21.5 Å². The molecule has 13 heteroatoms. The molecule has 4 heterocycles. The lowest BCUT2D eigenvalue weighted by Gasteiger charge is -2.49. The minimum Gasteiger partial charge on any atom is -0.370 e. The van der Waals surface area contributed by atoms with Crippen molar-refractivity contribution >= 4 is 29.6 Å². The van der Waals surface area contributed by atoms with E-state index in [0.717, 1.165) is 16.0 Å². The van der Waals surface area contributed by atoms with Crippen LogP contribution in [0.3, 0.4) is 0 Å². The van der Waals surface area contributed by atoms with Gasteiger partial charge in [-0.1, -0.05) is 42.5 Å². The Morgan fingerprint density at radius 2 is 1.70 bits per heavy atom. The van der Waals surface area contributed by atoms with E-state index < -0.39 is 35.5 Å². The van der Waals surface area contributed by atoms with Gasteiger partial charge in [-0.2, -0.15) is 0 Å². The molecule has 6 rings (SSSR count). The van der Waals surface area contributed by atoms with E-state index >= 15 is 0 Å². The normalized spacial score (nSPS) is 28.5. The summed E-state index contributed by atoms with van der Waals surface area (Å²) in [4.78, 5) is 49.6. The van der Waals surface area contributed by atoms with Crippen molar-refractivity contribution < 1.29 is 24.6 Å². The molecular formula is C27H30N8O5. The van der Waals surface area contributed by atoms with Gasteiger partial charge < -0.3 is 37.2 Å². The second-order valence-corrected chi connectivity index (χ2v) is 10.5. The number of rotatable bonds is 5. The molecule has 2 fully saturated rings. The average Bonchev–Trinajstić information content (AvgIpc) is 3.52. The Kier molecular flexibility index (Phi) is 5.82. The first-order valence-electron chi connectivity index (χ1n) is 13.0. The van der Waals surface area contributed by atoms with E-state index in [1.807, 2.05) is 43.3 Å². The van der Waals surface area contributed by atoms with Gasteiger partial charge in [0, 0.05) is 24.9 Å². The van der Waals surface area contributed by atoms with Gasteiger partial charge in [0.2, 0.25) is 17.6 Å². The number of amides is 3. The van der Waals surface area contributed by atoms with Gasteiger partial charge >= 0.3 is 0 Å². The summed E-state index contributed by atoms with van der Waals surface area (Å²) in [6, 6.07) is 11.5. The molecule has 0 aromatic heterocycles. The monoisotopic (exact) mass is 546 g/mol. The molecule has 2 aromatic rings. The van der Waals surface area contributed by atoms with Crippen LogP contribution < -0.4 is 22.1 Å². The van der Waals surface area contributed by atoms with Crippen LogP contribution in [0.2, 0.25) is 0 Å². The SMILES string of the molecule is Cc1ccccc1-c1ccccc1C(=O)NC1CN2C(N)=N[C@@H](CN3C(=O)CCC3=O)[C@@H]3N=C(N)N[C@@]32C1(O)O. The molecule has 4 aliphatic rings. The number of hydrogen-bond acceptors (Lipinski definition) is 11. The van der Waals surface area contributed by atoms with Gasteiger partial charge in [-0.15, -0.1) is 0 Å². The Bertz CT molecular complexity index is 1470. The molecule has 0 aliphatic carbocycles. The first-order valence-corrected chi connectivity index (χ1v) is 13.0. The third-order valence-electron chi connectivity index (χ3n) is 8.24. The van der Waals surface area contributed by atoms with Crippen LogP contribution in [0, 0.1) is 6.92 Å². The zero-order valence-corrected chi connectivity index (χ0v) is 21.7. The molecule has 0 saturated carbocycles. The highest BCUT2D eigenvalue weighted by Gasteiger charge is 2.73. The van der Waals surface area contributed by atoms with Crippen LogP contribution in [0.15, 0.2) is 58.5 Å². The number of benzene rings is 2. The number of likely N-dealkylation sites (tertiary alicyclic amines) is 1. The van der Waals surface area contributed by atoms with Crippen LogP contribution in [0.4, 0.5) is 0 Å². The summed E-state index contributed by atoms with van der Waals surface area (Å²) >= 11 is 0. The molecule has 1 spiro atoms. The number of carbonyl (C=O) groups is 3. The lowest BCUT2D eigenvalue weighted by Crippen LogP contribution is -2.78. The predicted molar refractivity (Wildman–Crippen MR) is 144 cm³/mol. The molecular weight excluding hydrogens is 516 g/mol. The predicted octanol–water partition coefficient (Wildman–Crippen LogP) is -1.41. The Balaban J connectivity index is 1.32. The molecule has 13 nitrogen and oxygen atoms in total. The first kappa shape index (κ1) is 25.8. The number of guanidine groups is 2. The smallest absolute Gasteiger partial charge is 0.252 e. The number of imide groups is 1. The molecule has 0 radical (unpaired) electrons. The largest absolute Gasteiger partial charge is 0.370 e. The minimum atomic E-state index is -2.65. The number of aliphatic hydroxyl groups is 2. The van der Waals surface area contributed by atoms with E-state index in [1.54, 1.807) is 12.1 Å². The number of nitrogens with zero attached hydrogens (tertiary/aromatic N) is 4. The van der Waals surface area contributed by atoms with Crippen molar-refractivity contribution in [1.29, 1.82) is 0 Å². The highest BCUT2D eigenvalue weighted by atomic mass is 16.5. The fraction of sp³-hybridized carbons (Fsp3) is 0.370. The highest BCUT2D eigenvalue weighted by molar-refractivity contribution is 6.02. The molecule has 0 bridgehead atoms. The number of aliphatic imine (C=N–C) groups is 2. The minimum absolute atomic E-state index is 0.0673.